The standard InChI is InChI=1S/C14H14ClNO/c1-2-10-9-16-7-6-13(10)14(17)11-4-3-5-12(15)8-11/h3-9,14,17H,2H2,1H3. The number of aliphatic hydroxyl groups is 1. The van der Waals surface area contributed by atoms with Crippen LogP contribution in [0.1, 0.15) is 29.7 Å². The molecule has 1 heterocycles. The van der Waals surface area contributed by atoms with Crippen LogP contribution in [0.4, 0.5) is 0 Å². The fourth-order valence-corrected chi connectivity index (χ4v) is 2.06. The van der Waals surface area contributed by atoms with E-state index in [4.69, 9.17) is 11.6 Å². The molecule has 0 radical (unpaired) electrons. The van der Waals surface area contributed by atoms with Gasteiger partial charge in [-0.2, -0.15) is 0 Å². The second-order valence-electron chi connectivity index (χ2n) is 3.89. The highest BCUT2D eigenvalue weighted by molar-refractivity contribution is 6.30. The fourth-order valence-electron chi connectivity index (χ4n) is 1.86. The van der Waals surface area contributed by atoms with Crippen LogP contribution in [-0.2, 0) is 6.42 Å². The Hall–Kier alpha value is -1.38. The van der Waals surface area contributed by atoms with E-state index in [1.54, 1.807) is 24.5 Å². The van der Waals surface area contributed by atoms with Gasteiger partial charge in [0.2, 0.25) is 0 Å². The highest BCUT2D eigenvalue weighted by Crippen LogP contribution is 2.26. The largest absolute Gasteiger partial charge is 0.384 e. The third-order valence-corrected chi connectivity index (χ3v) is 3.02. The van der Waals surface area contributed by atoms with E-state index in [9.17, 15) is 5.11 Å². The molecule has 0 amide bonds. The van der Waals surface area contributed by atoms with Crippen LogP contribution in [0.2, 0.25) is 5.02 Å². The van der Waals surface area contributed by atoms with Crippen molar-refractivity contribution in [2.75, 3.05) is 0 Å². The molecule has 2 nitrogen and oxygen atoms in total. The summed E-state index contributed by atoms with van der Waals surface area (Å²) in [5.41, 5.74) is 2.75. The number of nitrogens with zero attached hydrogens (tertiary/aromatic N) is 1. The number of benzene rings is 1. The molecule has 0 spiro atoms. The van der Waals surface area contributed by atoms with Crippen LogP contribution in [0.3, 0.4) is 0 Å². The molecular weight excluding hydrogens is 234 g/mol. The molecule has 0 aliphatic rings. The lowest BCUT2D eigenvalue weighted by molar-refractivity contribution is 0.219. The van der Waals surface area contributed by atoms with Crippen LogP contribution in [0.15, 0.2) is 42.7 Å². The number of hydrogen-bond acceptors (Lipinski definition) is 2. The molecule has 0 bridgehead atoms. The topological polar surface area (TPSA) is 33.1 Å². The summed E-state index contributed by atoms with van der Waals surface area (Å²) in [4.78, 5) is 4.07. The Labute approximate surface area is 106 Å². The van der Waals surface area contributed by atoms with Crippen molar-refractivity contribution in [3.05, 3.63) is 64.4 Å². The summed E-state index contributed by atoms with van der Waals surface area (Å²) in [5, 5.41) is 11.0. The van der Waals surface area contributed by atoms with E-state index in [1.807, 2.05) is 25.1 Å². The number of aromatic nitrogens is 1. The maximum atomic E-state index is 10.3. The number of rotatable bonds is 3. The van der Waals surface area contributed by atoms with Gasteiger partial charge in [0.15, 0.2) is 0 Å². The molecule has 2 rings (SSSR count). The summed E-state index contributed by atoms with van der Waals surface area (Å²) in [7, 11) is 0. The van der Waals surface area contributed by atoms with Gasteiger partial charge in [-0.3, -0.25) is 4.98 Å². The molecule has 0 aliphatic carbocycles. The number of hydrogen-bond donors (Lipinski definition) is 1. The monoisotopic (exact) mass is 247 g/mol. The zero-order valence-electron chi connectivity index (χ0n) is 9.60. The molecular formula is C14H14ClNO. The minimum absolute atomic E-state index is 0.633. The molecule has 1 atom stereocenters. The lowest BCUT2D eigenvalue weighted by atomic mass is 9.97. The normalized spacial score (nSPS) is 12.4. The van der Waals surface area contributed by atoms with E-state index in [0.717, 1.165) is 23.1 Å². The van der Waals surface area contributed by atoms with Crippen LogP contribution < -0.4 is 0 Å². The Bertz CT molecular complexity index is 513. The highest BCUT2D eigenvalue weighted by atomic mass is 35.5. The molecule has 88 valence electrons. The average Bonchev–Trinajstić information content (AvgIpc) is 2.38. The van der Waals surface area contributed by atoms with E-state index < -0.39 is 6.10 Å². The van der Waals surface area contributed by atoms with Crippen LogP contribution >= 0.6 is 11.6 Å². The van der Waals surface area contributed by atoms with Gasteiger partial charge >= 0.3 is 0 Å². The van der Waals surface area contributed by atoms with Crippen LogP contribution in [0.5, 0.6) is 0 Å². The first kappa shape index (κ1) is 12.1. The van der Waals surface area contributed by atoms with Gasteiger partial charge in [0, 0.05) is 17.4 Å². The van der Waals surface area contributed by atoms with Crippen molar-refractivity contribution in [3.8, 4) is 0 Å². The minimum Gasteiger partial charge on any atom is -0.384 e. The Morgan fingerprint density at radius 1 is 1.35 bits per heavy atom. The van der Waals surface area contributed by atoms with Crippen molar-refractivity contribution < 1.29 is 5.11 Å². The van der Waals surface area contributed by atoms with E-state index >= 15 is 0 Å². The van der Waals surface area contributed by atoms with Crippen molar-refractivity contribution in [2.45, 2.75) is 19.4 Å². The maximum absolute atomic E-state index is 10.3. The molecule has 3 heteroatoms. The van der Waals surface area contributed by atoms with Crippen molar-refractivity contribution in [1.29, 1.82) is 0 Å². The van der Waals surface area contributed by atoms with Crippen molar-refractivity contribution in [1.82, 2.24) is 4.98 Å². The third-order valence-electron chi connectivity index (χ3n) is 2.78. The molecule has 0 fully saturated rings. The molecule has 1 N–H and O–H groups in total. The van der Waals surface area contributed by atoms with E-state index in [0.29, 0.717) is 5.02 Å². The third kappa shape index (κ3) is 2.65. The van der Waals surface area contributed by atoms with E-state index in [-0.39, 0.29) is 0 Å². The van der Waals surface area contributed by atoms with Gasteiger partial charge in [-0.05, 0) is 41.3 Å². The molecule has 1 aromatic heterocycles. The summed E-state index contributed by atoms with van der Waals surface area (Å²) in [6, 6.07) is 9.14. The molecule has 17 heavy (non-hydrogen) atoms. The molecule has 2 aromatic rings. The molecule has 1 aromatic carbocycles. The van der Waals surface area contributed by atoms with Crippen molar-refractivity contribution >= 4 is 11.6 Å². The summed E-state index contributed by atoms with van der Waals surface area (Å²) in [6.45, 7) is 2.05. The SMILES string of the molecule is CCc1cnccc1C(O)c1cccc(Cl)c1. The molecule has 0 saturated heterocycles. The zero-order chi connectivity index (χ0) is 12.3. The van der Waals surface area contributed by atoms with Gasteiger partial charge in [-0.15, -0.1) is 0 Å². The van der Waals surface area contributed by atoms with Gasteiger partial charge in [-0.25, -0.2) is 0 Å². The van der Waals surface area contributed by atoms with Crippen LogP contribution in [0, 0.1) is 0 Å². The van der Waals surface area contributed by atoms with E-state index in [2.05, 4.69) is 4.98 Å². The first-order valence-corrected chi connectivity index (χ1v) is 5.96. The average molecular weight is 248 g/mol. The Morgan fingerprint density at radius 2 is 2.18 bits per heavy atom. The number of pyridine rings is 1. The second kappa shape index (κ2) is 5.30. The van der Waals surface area contributed by atoms with Crippen molar-refractivity contribution in [2.24, 2.45) is 0 Å². The molecule has 0 aliphatic heterocycles. The number of halogens is 1. The van der Waals surface area contributed by atoms with Gasteiger partial charge in [0.25, 0.3) is 0 Å². The summed E-state index contributed by atoms with van der Waals surface area (Å²) >= 11 is 5.93. The zero-order valence-corrected chi connectivity index (χ0v) is 10.4. The maximum Gasteiger partial charge on any atom is 0.104 e. The first-order valence-electron chi connectivity index (χ1n) is 5.58. The summed E-state index contributed by atoms with van der Waals surface area (Å²) in [5.74, 6) is 0. The summed E-state index contributed by atoms with van der Waals surface area (Å²) < 4.78 is 0. The summed E-state index contributed by atoms with van der Waals surface area (Å²) in [6.07, 6.45) is 3.69. The Balaban J connectivity index is 2.40. The predicted octanol–water partition coefficient (Wildman–Crippen LogP) is 3.38. The van der Waals surface area contributed by atoms with Crippen molar-refractivity contribution in [3.63, 3.8) is 0 Å². The van der Waals surface area contributed by atoms with E-state index in [1.165, 1.54) is 0 Å². The Morgan fingerprint density at radius 3 is 2.88 bits per heavy atom. The number of aryl methyl sites for hydroxylation is 1. The lowest BCUT2D eigenvalue weighted by Crippen LogP contribution is -2.03. The smallest absolute Gasteiger partial charge is 0.104 e. The Kier molecular flexibility index (Phi) is 3.77. The predicted molar refractivity (Wildman–Crippen MR) is 69.1 cm³/mol. The molecule has 1 unspecified atom stereocenters. The van der Waals surface area contributed by atoms with Gasteiger partial charge in [0.1, 0.15) is 6.10 Å². The lowest BCUT2D eigenvalue weighted by Gasteiger charge is -2.15. The van der Waals surface area contributed by atoms with Gasteiger partial charge < -0.3 is 5.11 Å². The second-order valence-corrected chi connectivity index (χ2v) is 4.32. The minimum atomic E-state index is -0.647. The number of aliphatic hydroxyl groups excluding tert-OH is 1. The quantitative estimate of drug-likeness (QED) is 0.902. The highest BCUT2D eigenvalue weighted by Gasteiger charge is 2.13. The molecule has 0 saturated carbocycles. The fraction of sp³-hybridized carbons (Fsp3) is 0.214. The van der Waals surface area contributed by atoms with Gasteiger partial charge in [-0.1, -0.05) is 30.7 Å². The first-order chi connectivity index (χ1) is 8.22. The van der Waals surface area contributed by atoms with Crippen LogP contribution in [0.25, 0.3) is 0 Å². The van der Waals surface area contributed by atoms with Crippen LogP contribution in [-0.4, -0.2) is 10.1 Å². The van der Waals surface area contributed by atoms with Gasteiger partial charge in [0.05, 0.1) is 0 Å².